The smallest absolute Gasteiger partial charge is 0.306 e. The van der Waals surface area contributed by atoms with E-state index in [0.717, 1.165) is 116 Å². The summed E-state index contributed by atoms with van der Waals surface area (Å²) in [6.07, 6.45) is 75.1. The molecule has 0 saturated heterocycles. The van der Waals surface area contributed by atoms with Crippen LogP contribution in [0.25, 0.3) is 0 Å². The van der Waals surface area contributed by atoms with Crippen molar-refractivity contribution < 1.29 is 28.6 Å². The minimum atomic E-state index is -0.803. The van der Waals surface area contributed by atoms with Crippen molar-refractivity contribution in [2.45, 2.75) is 252 Å². The van der Waals surface area contributed by atoms with Gasteiger partial charge in [-0.05, 0) is 116 Å². The minimum absolute atomic E-state index is 0.101. The molecule has 1 unspecified atom stereocenters. The van der Waals surface area contributed by atoms with Crippen LogP contribution in [0.5, 0.6) is 0 Å². The maximum Gasteiger partial charge on any atom is 0.306 e. The van der Waals surface area contributed by atoms with Gasteiger partial charge < -0.3 is 14.2 Å². The lowest BCUT2D eigenvalue weighted by atomic mass is 10.1. The zero-order valence-corrected chi connectivity index (χ0v) is 44.1. The Bertz CT molecular complexity index is 1410. The third kappa shape index (κ3) is 53.0. The van der Waals surface area contributed by atoms with Crippen LogP contribution in [0.15, 0.2) is 109 Å². The van der Waals surface area contributed by atoms with Crippen LogP contribution < -0.4 is 0 Å². The predicted octanol–water partition coefficient (Wildman–Crippen LogP) is 18.7. The molecule has 0 spiro atoms. The average molecular weight is 943 g/mol. The number of rotatable bonds is 49. The second kappa shape index (κ2) is 55.7. The van der Waals surface area contributed by atoms with Crippen LogP contribution in [0.4, 0.5) is 0 Å². The van der Waals surface area contributed by atoms with Gasteiger partial charge in [0.2, 0.25) is 0 Å². The number of hydrogen-bond acceptors (Lipinski definition) is 6. The van der Waals surface area contributed by atoms with Gasteiger partial charge in [-0.2, -0.15) is 0 Å². The lowest BCUT2D eigenvalue weighted by Gasteiger charge is -2.18. The Hall–Kier alpha value is -3.93. The van der Waals surface area contributed by atoms with E-state index >= 15 is 0 Å². The molecule has 0 aliphatic carbocycles. The molecule has 6 heteroatoms. The summed E-state index contributed by atoms with van der Waals surface area (Å²) in [7, 11) is 0. The lowest BCUT2D eigenvalue weighted by Crippen LogP contribution is -2.30. The summed E-state index contributed by atoms with van der Waals surface area (Å²) in [6.45, 7) is 6.33. The van der Waals surface area contributed by atoms with Gasteiger partial charge >= 0.3 is 17.9 Å². The van der Waals surface area contributed by atoms with E-state index in [-0.39, 0.29) is 31.1 Å². The fraction of sp³-hybridized carbons (Fsp3) is 0.661. The van der Waals surface area contributed by atoms with E-state index < -0.39 is 6.10 Å². The highest BCUT2D eigenvalue weighted by atomic mass is 16.6. The molecule has 0 N–H and O–H groups in total. The van der Waals surface area contributed by atoms with Crippen LogP contribution in [0.3, 0.4) is 0 Å². The Morgan fingerprint density at radius 1 is 0.324 bits per heavy atom. The first-order valence-electron chi connectivity index (χ1n) is 27.9. The molecule has 68 heavy (non-hydrogen) atoms. The molecule has 0 radical (unpaired) electrons. The third-order valence-corrected chi connectivity index (χ3v) is 11.5. The van der Waals surface area contributed by atoms with Gasteiger partial charge in [-0.3, -0.25) is 14.4 Å². The second-order valence-electron chi connectivity index (χ2n) is 18.1. The summed E-state index contributed by atoms with van der Waals surface area (Å²) < 4.78 is 16.8. The van der Waals surface area contributed by atoms with Gasteiger partial charge in [0.15, 0.2) is 6.10 Å². The second-order valence-corrected chi connectivity index (χ2v) is 18.1. The third-order valence-electron chi connectivity index (χ3n) is 11.5. The van der Waals surface area contributed by atoms with Crippen molar-refractivity contribution in [3.63, 3.8) is 0 Å². The molecule has 0 aromatic heterocycles. The number of allylic oxidation sites excluding steroid dienone is 18. The standard InChI is InChI=1S/C62H102O6/c1-4-7-10-13-16-19-22-25-27-29-31-33-35-37-40-43-46-49-52-55-61(64)67-58-59(57-66-60(63)54-51-48-45-42-39-24-21-18-15-12-9-6-3)68-62(65)56-53-50-47-44-41-38-36-34-32-30-28-26-23-20-17-14-11-8-5-2/h7,9-10,12,16-21,23,25-27,31,33,39,42,59H,4-6,8,11,13-15,22,24,28-30,32,34-38,40-41,43-58H2,1-3H3/b10-7-,12-9-,19-16-,20-17-,21-18-,26-23-,27-25-,33-31-,42-39-. The van der Waals surface area contributed by atoms with Crippen LogP contribution in [-0.4, -0.2) is 37.2 Å². The Kier molecular flexibility index (Phi) is 52.4. The van der Waals surface area contributed by atoms with E-state index in [1.54, 1.807) is 0 Å². The fourth-order valence-electron chi connectivity index (χ4n) is 7.38. The predicted molar refractivity (Wildman–Crippen MR) is 293 cm³/mol. The average Bonchev–Trinajstić information content (AvgIpc) is 3.34. The Balaban J connectivity index is 4.43. The van der Waals surface area contributed by atoms with Gasteiger partial charge in [0, 0.05) is 19.3 Å². The Labute approximate surface area is 419 Å². The van der Waals surface area contributed by atoms with Crippen LogP contribution in [0.2, 0.25) is 0 Å². The van der Waals surface area contributed by atoms with Crippen LogP contribution >= 0.6 is 0 Å². The van der Waals surface area contributed by atoms with Crippen molar-refractivity contribution in [1.29, 1.82) is 0 Å². The molecule has 0 fully saturated rings. The SMILES string of the molecule is CC/C=C\C/C=C\C/C=C\C/C=C\CCCCCCCCC(=O)OCC(COC(=O)CCCC/C=C\C/C=C\C/C=C\CC)OC(=O)CCCCCCCCCCCC/C=C\C=C/CCCCC. The first-order chi connectivity index (χ1) is 33.5. The molecule has 386 valence electrons. The molecule has 0 heterocycles. The monoisotopic (exact) mass is 943 g/mol. The number of hydrogen-bond donors (Lipinski definition) is 0. The van der Waals surface area contributed by atoms with Crippen molar-refractivity contribution in [1.82, 2.24) is 0 Å². The highest BCUT2D eigenvalue weighted by molar-refractivity contribution is 5.71. The highest BCUT2D eigenvalue weighted by Gasteiger charge is 2.19. The van der Waals surface area contributed by atoms with E-state index in [0.29, 0.717) is 19.3 Å². The maximum absolute atomic E-state index is 12.8. The quantitative estimate of drug-likeness (QED) is 0.0199. The molecule has 0 saturated carbocycles. The molecule has 0 aliphatic heterocycles. The molecule has 0 aromatic rings. The van der Waals surface area contributed by atoms with Crippen LogP contribution in [0, 0.1) is 0 Å². The fourth-order valence-corrected chi connectivity index (χ4v) is 7.38. The minimum Gasteiger partial charge on any atom is -0.462 e. The normalized spacial score (nSPS) is 12.9. The van der Waals surface area contributed by atoms with E-state index in [1.807, 2.05) is 0 Å². The van der Waals surface area contributed by atoms with E-state index in [1.165, 1.54) is 89.9 Å². The van der Waals surface area contributed by atoms with E-state index in [9.17, 15) is 14.4 Å². The van der Waals surface area contributed by atoms with Gasteiger partial charge in [-0.1, -0.05) is 220 Å². The van der Waals surface area contributed by atoms with Gasteiger partial charge in [0.05, 0.1) is 0 Å². The summed E-state index contributed by atoms with van der Waals surface area (Å²) in [5.74, 6) is -0.959. The highest BCUT2D eigenvalue weighted by Crippen LogP contribution is 2.14. The summed E-state index contributed by atoms with van der Waals surface area (Å²) in [4.78, 5) is 38.1. The van der Waals surface area contributed by atoms with Crippen LogP contribution in [0.1, 0.15) is 245 Å². The number of unbranched alkanes of at least 4 members (excludes halogenated alkanes) is 21. The van der Waals surface area contributed by atoms with Gasteiger partial charge in [-0.15, -0.1) is 0 Å². The van der Waals surface area contributed by atoms with Gasteiger partial charge in [0.25, 0.3) is 0 Å². The van der Waals surface area contributed by atoms with Crippen molar-refractivity contribution in [2.24, 2.45) is 0 Å². The first kappa shape index (κ1) is 64.1. The largest absolute Gasteiger partial charge is 0.462 e. The summed E-state index contributed by atoms with van der Waals surface area (Å²) in [6, 6.07) is 0. The molecule has 0 aliphatic rings. The van der Waals surface area contributed by atoms with Crippen LogP contribution in [-0.2, 0) is 28.6 Å². The number of esters is 3. The van der Waals surface area contributed by atoms with Crippen molar-refractivity contribution in [3.8, 4) is 0 Å². The topological polar surface area (TPSA) is 78.9 Å². The van der Waals surface area contributed by atoms with Crippen molar-refractivity contribution >= 4 is 17.9 Å². The number of ether oxygens (including phenoxy) is 3. The first-order valence-corrected chi connectivity index (χ1v) is 27.9. The zero-order chi connectivity index (χ0) is 49.3. The molecule has 0 amide bonds. The molecule has 6 nitrogen and oxygen atoms in total. The van der Waals surface area contributed by atoms with E-state index in [2.05, 4.69) is 130 Å². The molecular weight excluding hydrogens is 841 g/mol. The van der Waals surface area contributed by atoms with Crippen molar-refractivity contribution in [2.75, 3.05) is 13.2 Å². The number of carbonyl (C=O) groups is 3. The van der Waals surface area contributed by atoms with Crippen molar-refractivity contribution in [3.05, 3.63) is 109 Å². The number of carbonyl (C=O) groups excluding carboxylic acids is 3. The summed E-state index contributed by atoms with van der Waals surface area (Å²) in [5, 5.41) is 0. The molecular formula is C62H102O6. The molecule has 0 aromatic carbocycles. The summed E-state index contributed by atoms with van der Waals surface area (Å²) >= 11 is 0. The van der Waals surface area contributed by atoms with Gasteiger partial charge in [0.1, 0.15) is 13.2 Å². The molecule has 1 atom stereocenters. The lowest BCUT2D eigenvalue weighted by molar-refractivity contribution is -0.167. The summed E-state index contributed by atoms with van der Waals surface area (Å²) in [5.41, 5.74) is 0. The van der Waals surface area contributed by atoms with E-state index in [4.69, 9.17) is 14.2 Å². The Morgan fingerprint density at radius 3 is 1.01 bits per heavy atom. The van der Waals surface area contributed by atoms with Gasteiger partial charge in [-0.25, -0.2) is 0 Å². The molecule has 0 rings (SSSR count). The molecule has 0 bridgehead atoms. The Morgan fingerprint density at radius 2 is 0.618 bits per heavy atom. The maximum atomic E-state index is 12.8. The zero-order valence-electron chi connectivity index (χ0n) is 44.1.